The molecule has 0 radical (unpaired) electrons. The molecule has 21 heavy (non-hydrogen) atoms. The van der Waals surface area contributed by atoms with Crippen LogP contribution in [0.5, 0.6) is 17.2 Å². The van der Waals surface area contributed by atoms with E-state index in [2.05, 4.69) is 15.9 Å². The van der Waals surface area contributed by atoms with Gasteiger partial charge in [-0.15, -0.1) is 0 Å². The van der Waals surface area contributed by atoms with E-state index in [0.717, 1.165) is 0 Å². The summed E-state index contributed by atoms with van der Waals surface area (Å²) >= 11 is 3.34. The molecule has 2 rings (SSSR count). The zero-order valence-electron chi connectivity index (χ0n) is 11.0. The van der Waals surface area contributed by atoms with Crippen molar-refractivity contribution in [2.24, 2.45) is 5.14 Å². The highest BCUT2D eigenvalue weighted by Crippen LogP contribution is 2.36. The first-order valence-electron chi connectivity index (χ1n) is 5.75. The minimum atomic E-state index is -3.91. The Hall–Kier alpha value is -1.77. The van der Waals surface area contributed by atoms with Gasteiger partial charge in [-0.05, 0) is 46.3 Å². The van der Waals surface area contributed by atoms with Crippen LogP contribution in [0.25, 0.3) is 0 Å². The SMILES string of the molecule is COc1ccc(Oc2cccc(S(N)(=O)=O)c2N)c(Br)c1. The molecule has 0 aliphatic heterocycles. The molecule has 0 aliphatic carbocycles. The van der Waals surface area contributed by atoms with Gasteiger partial charge in [-0.2, -0.15) is 0 Å². The number of nitrogens with two attached hydrogens (primary N) is 2. The zero-order chi connectivity index (χ0) is 15.6. The summed E-state index contributed by atoms with van der Waals surface area (Å²) in [6, 6.07) is 9.48. The highest BCUT2D eigenvalue weighted by atomic mass is 79.9. The van der Waals surface area contributed by atoms with Crippen molar-refractivity contribution >= 4 is 31.6 Å². The Labute approximate surface area is 130 Å². The van der Waals surface area contributed by atoms with E-state index in [4.69, 9.17) is 20.3 Å². The lowest BCUT2D eigenvalue weighted by Crippen LogP contribution is -2.14. The van der Waals surface area contributed by atoms with Crippen LogP contribution in [-0.4, -0.2) is 15.5 Å². The minimum Gasteiger partial charge on any atom is -0.497 e. The van der Waals surface area contributed by atoms with Crippen molar-refractivity contribution in [1.29, 1.82) is 0 Å². The zero-order valence-corrected chi connectivity index (χ0v) is 13.4. The number of hydrogen-bond acceptors (Lipinski definition) is 5. The molecule has 6 nitrogen and oxygen atoms in total. The van der Waals surface area contributed by atoms with Gasteiger partial charge in [0.25, 0.3) is 0 Å². The fourth-order valence-corrected chi connectivity index (χ4v) is 2.78. The Morgan fingerprint density at radius 1 is 1.14 bits per heavy atom. The third-order valence-corrected chi connectivity index (χ3v) is 4.28. The van der Waals surface area contributed by atoms with E-state index in [9.17, 15) is 8.42 Å². The standard InChI is InChI=1S/C13H13BrN2O4S/c1-19-8-5-6-10(9(14)7-8)20-11-3-2-4-12(13(11)15)21(16,17)18/h2-7H,15H2,1H3,(H2,16,17,18). The van der Waals surface area contributed by atoms with Crippen LogP contribution in [0.3, 0.4) is 0 Å². The van der Waals surface area contributed by atoms with Crippen molar-refractivity contribution < 1.29 is 17.9 Å². The Morgan fingerprint density at radius 2 is 1.86 bits per heavy atom. The average molecular weight is 373 g/mol. The summed E-state index contributed by atoms with van der Waals surface area (Å²) in [5.41, 5.74) is 5.76. The molecule has 0 spiro atoms. The predicted octanol–water partition coefficient (Wildman–Crippen LogP) is 2.48. The molecule has 2 aromatic rings. The monoisotopic (exact) mass is 372 g/mol. The average Bonchev–Trinajstić information content (AvgIpc) is 2.41. The Kier molecular flexibility index (Phi) is 4.40. The molecule has 8 heteroatoms. The molecule has 0 aromatic heterocycles. The van der Waals surface area contributed by atoms with Gasteiger partial charge in [-0.25, -0.2) is 13.6 Å². The predicted molar refractivity (Wildman–Crippen MR) is 83.0 cm³/mol. The fourth-order valence-electron chi connectivity index (χ4n) is 1.67. The molecule has 0 heterocycles. The van der Waals surface area contributed by atoms with Crippen LogP contribution in [-0.2, 0) is 10.0 Å². The van der Waals surface area contributed by atoms with E-state index in [0.29, 0.717) is 16.0 Å². The van der Waals surface area contributed by atoms with Gasteiger partial charge in [0, 0.05) is 0 Å². The highest BCUT2D eigenvalue weighted by Gasteiger charge is 2.16. The molecule has 0 saturated heterocycles. The second kappa shape index (κ2) is 5.92. The van der Waals surface area contributed by atoms with Gasteiger partial charge in [0.2, 0.25) is 10.0 Å². The normalized spacial score (nSPS) is 11.2. The quantitative estimate of drug-likeness (QED) is 0.802. The van der Waals surface area contributed by atoms with Crippen molar-refractivity contribution in [3.05, 3.63) is 40.9 Å². The van der Waals surface area contributed by atoms with Gasteiger partial charge < -0.3 is 15.2 Å². The lowest BCUT2D eigenvalue weighted by Gasteiger charge is -2.12. The molecule has 0 fully saturated rings. The number of para-hydroxylation sites is 1. The van der Waals surface area contributed by atoms with E-state index in [1.54, 1.807) is 31.4 Å². The number of ether oxygens (including phenoxy) is 2. The van der Waals surface area contributed by atoms with Crippen molar-refractivity contribution in [2.45, 2.75) is 4.90 Å². The molecule has 0 atom stereocenters. The van der Waals surface area contributed by atoms with Crippen LogP contribution in [0.15, 0.2) is 45.8 Å². The lowest BCUT2D eigenvalue weighted by atomic mass is 10.3. The summed E-state index contributed by atoms with van der Waals surface area (Å²) in [7, 11) is -2.35. The molecular weight excluding hydrogens is 360 g/mol. The second-order valence-electron chi connectivity index (χ2n) is 4.11. The molecule has 0 saturated carbocycles. The molecule has 0 bridgehead atoms. The number of hydrogen-bond donors (Lipinski definition) is 2. The first-order chi connectivity index (χ1) is 9.82. The molecule has 2 aromatic carbocycles. The molecule has 112 valence electrons. The van der Waals surface area contributed by atoms with Crippen LogP contribution in [0.1, 0.15) is 0 Å². The maximum Gasteiger partial charge on any atom is 0.240 e. The van der Waals surface area contributed by atoms with E-state index in [1.807, 2.05) is 0 Å². The second-order valence-corrected chi connectivity index (χ2v) is 6.50. The van der Waals surface area contributed by atoms with E-state index in [1.165, 1.54) is 12.1 Å². The first kappa shape index (κ1) is 15.6. The number of rotatable bonds is 4. The van der Waals surface area contributed by atoms with Crippen molar-refractivity contribution in [1.82, 2.24) is 0 Å². The van der Waals surface area contributed by atoms with Crippen LogP contribution in [0.4, 0.5) is 5.69 Å². The maximum absolute atomic E-state index is 11.4. The van der Waals surface area contributed by atoms with E-state index < -0.39 is 10.0 Å². The maximum atomic E-state index is 11.4. The Morgan fingerprint density at radius 3 is 2.43 bits per heavy atom. The van der Waals surface area contributed by atoms with Gasteiger partial charge in [0.15, 0.2) is 5.75 Å². The number of halogens is 1. The number of anilines is 1. The number of primary sulfonamides is 1. The summed E-state index contributed by atoms with van der Waals surface area (Å²) in [6.07, 6.45) is 0. The largest absolute Gasteiger partial charge is 0.497 e. The molecule has 0 aliphatic rings. The molecule has 0 amide bonds. The van der Waals surface area contributed by atoms with Crippen molar-refractivity contribution in [3.8, 4) is 17.2 Å². The number of sulfonamides is 1. The van der Waals surface area contributed by atoms with Crippen LogP contribution >= 0.6 is 15.9 Å². The number of methoxy groups -OCH3 is 1. The van der Waals surface area contributed by atoms with Crippen LogP contribution < -0.4 is 20.3 Å². The summed E-state index contributed by atoms with van der Waals surface area (Å²) in [5, 5.41) is 5.10. The first-order valence-corrected chi connectivity index (χ1v) is 8.09. The van der Waals surface area contributed by atoms with E-state index in [-0.39, 0.29) is 16.3 Å². The lowest BCUT2D eigenvalue weighted by molar-refractivity contribution is 0.412. The van der Waals surface area contributed by atoms with Gasteiger partial charge in [0.1, 0.15) is 16.4 Å². The van der Waals surface area contributed by atoms with Gasteiger partial charge in [0.05, 0.1) is 17.3 Å². The molecule has 0 unspecified atom stereocenters. The Balaban J connectivity index is 2.41. The summed E-state index contributed by atoms with van der Waals surface area (Å²) in [5.74, 6) is 1.32. The Bertz CT molecular complexity index is 778. The van der Waals surface area contributed by atoms with E-state index >= 15 is 0 Å². The minimum absolute atomic E-state index is 0.0391. The van der Waals surface area contributed by atoms with Crippen LogP contribution in [0, 0.1) is 0 Å². The summed E-state index contributed by atoms with van der Waals surface area (Å²) in [4.78, 5) is -0.176. The third-order valence-electron chi connectivity index (χ3n) is 2.69. The van der Waals surface area contributed by atoms with Gasteiger partial charge in [-0.3, -0.25) is 0 Å². The van der Waals surface area contributed by atoms with Crippen molar-refractivity contribution in [3.63, 3.8) is 0 Å². The topological polar surface area (TPSA) is 105 Å². The number of nitrogen functional groups attached to an aromatic ring is 1. The molecular formula is C13H13BrN2O4S. The third kappa shape index (κ3) is 3.46. The van der Waals surface area contributed by atoms with Crippen LogP contribution in [0.2, 0.25) is 0 Å². The molecule has 4 N–H and O–H groups in total. The summed E-state index contributed by atoms with van der Waals surface area (Å²) in [6.45, 7) is 0. The smallest absolute Gasteiger partial charge is 0.240 e. The fraction of sp³-hybridized carbons (Fsp3) is 0.0769. The van der Waals surface area contributed by atoms with Crippen molar-refractivity contribution in [2.75, 3.05) is 12.8 Å². The summed E-state index contributed by atoms with van der Waals surface area (Å²) < 4.78 is 34.2. The van der Waals surface area contributed by atoms with Gasteiger partial charge >= 0.3 is 0 Å². The van der Waals surface area contributed by atoms with Gasteiger partial charge in [-0.1, -0.05) is 6.07 Å². The highest BCUT2D eigenvalue weighted by molar-refractivity contribution is 9.10. The number of benzene rings is 2.